The number of nitrogens with one attached hydrogen (secondary N) is 1. The first-order valence-corrected chi connectivity index (χ1v) is 8.57. The lowest BCUT2D eigenvalue weighted by Crippen LogP contribution is -2.15. The van der Waals surface area contributed by atoms with E-state index in [4.69, 9.17) is 9.84 Å². The average Bonchev–Trinajstić information content (AvgIpc) is 2.92. The molecule has 1 heterocycles. The molecule has 1 N–H and O–H groups in total. The van der Waals surface area contributed by atoms with Gasteiger partial charge in [0.15, 0.2) is 0 Å². The third-order valence-electron chi connectivity index (χ3n) is 4.48. The van der Waals surface area contributed by atoms with Crippen LogP contribution in [0, 0.1) is 13.8 Å². The Morgan fingerprint density at radius 1 is 0.920 bits per heavy atom. The molecule has 0 aliphatic rings. The lowest BCUT2D eigenvalue weighted by Gasteiger charge is -2.10. The number of aromatic nitrogens is 2. The number of hydrogen-bond donors (Lipinski definition) is 1. The van der Waals surface area contributed by atoms with E-state index in [1.807, 2.05) is 22.9 Å². The van der Waals surface area contributed by atoms with Crippen LogP contribution in [0.25, 0.3) is 5.69 Å². The van der Waals surface area contributed by atoms with Crippen molar-refractivity contribution in [2.75, 3.05) is 7.11 Å². The summed E-state index contributed by atoms with van der Waals surface area (Å²) in [6.07, 6.45) is 0. The Hall–Kier alpha value is -2.43. The number of rotatable bonds is 7. The van der Waals surface area contributed by atoms with E-state index in [0.29, 0.717) is 6.61 Å². The van der Waals surface area contributed by atoms with Crippen LogP contribution in [0.3, 0.4) is 0 Å². The lowest BCUT2D eigenvalue weighted by atomic mass is 10.1. The summed E-state index contributed by atoms with van der Waals surface area (Å²) in [7, 11) is 1.73. The average molecular weight is 335 g/mol. The number of aryl methyl sites for hydroxylation is 1. The third kappa shape index (κ3) is 3.98. The summed E-state index contributed by atoms with van der Waals surface area (Å²) < 4.78 is 7.30. The molecule has 4 nitrogen and oxygen atoms in total. The Balaban J connectivity index is 1.71. The molecule has 130 valence electrons. The molecule has 3 rings (SSSR count). The van der Waals surface area contributed by atoms with Gasteiger partial charge in [0.2, 0.25) is 0 Å². The molecule has 0 aliphatic heterocycles. The summed E-state index contributed by atoms with van der Waals surface area (Å²) in [6.45, 7) is 6.45. The smallest absolute Gasteiger partial charge is 0.0716 e. The standard InChI is InChI=1S/C21H25N3O/c1-16-21(17(2)24(23-16)20-11-5-4-6-12-20)14-22-13-18-9-7-8-10-19(18)15-25-3/h4-12,22H,13-15H2,1-3H3. The van der Waals surface area contributed by atoms with Gasteiger partial charge in [-0.2, -0.15) is 5.10 Å². The van der Waals surface area contributed by atoms with E-state index in [0.717, 1.165) is 24.5 Å². The molecule has 0 aliphatic carbocycles. The van der Waals surface area contributed by atoms with E-state index >= 15 is 0 Å². The van der Waals surface area contributed by atoms with Crippen molar-refractivity contribution in [3.63, 3.8) is 0 Å². The number of methoxy groups -OCH3 is 1. The normalized spacial score (nSPS) is 11.0. The summed E-state index contributed by atoms with van der Waals surface area (Å²) in [5.74, 6) is 0. The van der Waals surface area contributed by atoms with E-state index in [-0.39, 0.29) is 0 Å². The largest absolute Gasteiger partial charge is 0.380 e. The highest BCUT2D eigenvalue weighted by Crippen LogP contribution is 2.18. The van der Waals surface area contributed by atoms with Gasteiger partial charge in [-0.05, 0) is 37.1 Å². The fourth-order valence-corrected chi connectivity index (χ4v) is 3.10. The summed E-state index contributed by atoms with van der Waals surface area (Å²) >= 11 is 0. The van der Waals surface area contributed by atoms with Gasteiger partial charge < -0.3 is 10.1 Å². The van der Waals surface area contributed by atoms with E-state index in [9.17, 15) is 0 Å². The highest BCUT2D eigenvalue weighted by atomic mass is 16.5. The van der Waals surface area contributed by atoms with Crippen LogP contribution < -0.4 is 5.32 Å². The van der Waals surface area contributed by atoms with Gasteiger partial charge in [0.25, 0.3) is 0 Å². The molecule has 0 saturated heterocycles. The molecule has 0 bridgehead atoms. The molecule has 0 amide bonds. The fraction of sp³-hybridized carbons (Fsp3) is 0.286. The first-order chi connectivity index (χ1) is 12.2. The van der Waals surface area contributed by atoms with Crippen LogP contribution in [0.5, 0.6) is 0 Å². The molecule has 2 aromatic carbocycles. The predicted molar refractivity (Wildman–Crippen MR) is 101 cm³/mol. The fourth-order valence-electron chi connectivity index (χ4n) is 3.10. The van der Waals surface area contributed by atoms with E-state index in [1.165, 1.54) is 22.4 Å². The van der Waals surface area contributed by atoms with Crippen LogP contribution in [-0.2, 0) is 24.4 Å². The molecule has 0 atom stereocenters. The molecule has 0 saturated carbocycles. The summed E-state index contributed by atoms with van der Waals surface area (Å²) in [6, 6.07) is 18.6. The van der Waals surface area contributed by atoms with Gasteiger partial charge in [0.1, 0.15) is 0 Å². The molecule has 0 unspecified atom stereocenters. The van der Waals surface area contributed by atoms with Gasteiger partial charge in [0, 0.05) is 31.5 Å². The monoisotopic (exact) mass is 335 g/mol. The van der Waals surface area contributed by atoms with Gasteiger partial charge in [0.05, 0.1) is 18.0 Å². The first-order valence-electron chi connectivity index (χ1n) is 8.57. The Morgan fingerprint density at radius 2 is 1.60 bits per heavy atom. The molecule has 0 radical (unpaired) electrons. The Kier molecular flexibility index (Phi) is 5.64. The van der Waals surface area contributed by atoms with Crippen LogP contribution >= 0.6 is 0 Å². The van der Waals surface area contributed by atoms with Crippen molar-refractivity contribution in [1.29, 1.82) is 0 Å². The quantitative estimate of drug-likeness (QED) is 0.711. The Labute approximate surface area is 149 Å². The lowest BCUT2D eigenvalue weighted by molar-refractivity contribution is 0.184. The number of benzene rings is 2. The number of hydrogen-bond acceptors (Lipinski definition) is 3. The molecule has 25 heavy (non-hydrogen) atoms. The highest BCUT2D eigenvalue weighted by molar-refractivity contribution is 5.37. The van der Waals surface area contributed by atoms with Gasteiger partial charge in [-0.15, -0.1) is 0 Å². The maximum Gasteiger partial charge on any atom is 0.0716 e. The van der Waals surface area contributed by atoms with Crippen molar-refractivity contribution < 1.29 is 4.74 Å². The van der Waals surface area contributed by atoms with E-state index < -0.39 is 0 Å². The van der Waals surface area contributed by atoms with Crippen LogP contribution in [-0.4, -0.2) is 16.9 Å². The van der Waals surface area contributed by atoms with E-state index in [1.54, 1.807) is 7.11 Å². The number of nitrogens with zero attached hydrogens (tertiary/aromatic N) is 2. The minimum absolute atomic E-state index is 0.641. The van der Waals surface area contributed by atoms with Gasteiger partial charge >= 0.3 is 0 Å². The van der Waals surface area contributed by atoms with Crippen LogP contribution in [0.2, 0.25) is 0 Å². The zero-order chi connectivity index (χ0) is 17.6. The maximum absolute atomic E-state index is 5.28. The second-order valence-electron chi connectivity index (χ2n) is 6.20. The second-order valence-corrected chi connectivity index (χ2v) is 6.20. The first kappa shape index (κ1) is 17.4. The minimum atomic E-state index is 0.641. The van der Waals surface area contributed by atoms with Gasteiger partial charge in [-0.1, -0.05) is 42.5 Å². The molecule has 4 heteroatoms. The van der Waals surface area contributed by atoms with Gasteiger partial charge in [-0.25, -0.2) is 4.68 Å². The van der Waals surface area contributed by atoms with Crippen molar-refractivity contribution in [3.05, 3.63) is 82.7 Å². The molecule has 1 aromatic heterocycles. The second kappa shape index (κ2) is 8.10. The minimum Gasteiger partial charge on any atom is -0.380 e. The summed E-state index contributed by atoms with van der Waals surface area (Å²) in [4.78, 5) is 0. The van der Waals surface area contributed by atoms with Crippen molar-refractivity contribution >= 4 is 0 Å². The SMILES string of the molecule is COCc1ccccc1CNCc1c(C)nn(-c2ccccc2)c1C. The summed E-state index contributed by atoms with van der Waals surface area (Å²) in [5.41, 5.74) is 7.11. The van der Waals surface area contributed by atoms with Crippen LogP contribution in [0.4, 0.5) is 0 Å². The summed E-state index contributed by atoms with van der Waals surface area (Å²) in [5, 5.41) is 8.26. The molecule has 3 aromatic rings. The number of para-hydroxylation sites is 1. The zero-order valence-corrected chi connectivity index (χ0v) is 15.1. The Morgan fingerprint density at radius 3 is 2.32 bits per heavy atom. The molecule has 0 fully saturated rings. The zero-order valence-electron chi connectivity index (χ0n) is 15.1. The highest BCUT2D eigenvalue weighted by Gasteiger charge is 2.12. The third-order valence-corrected chi connectivity index (χ3v) is 4.48. The van der Waals surface area contributed by atoms with Crippen LogP contribution in [0.1, 0.15) is 28.1 Å². The van der Waals surface area contributed by atoms with Gasteiger partial charge in [-0.3, -0.25) is 0 Å². The molecule has 0 spiro atoms. The van der Waals surface area contributed by atoms with Crippen molar-refractivity contribution in [2.24, 2.45) is 0 Å². The van der Waals surface area contributed by atoms with Crippen LogP contribution in [0.15, 0.2) is 54.6 Å². The molecular weight excluding hydrogens is 310 g/mol. The van der Waals surface area contributed by atoms with E-state index in [2.05, 4.69) is 55.6 Å². The van der Waals surface area contributed by atoms with Crippen molar-refractivity contribution in [2.45, 2.75) is 33.5 Å². The predicted octanol–water partition coefficient (Wildman–Crippen LogP) is 3.93. The molecular formula is C21H25N3O. The Bertz CT molecular complexity index is 824. The van der Waals surface area contributed by atoms with Crippen molar-refractivity contribution in [3.8, 4) is 5.69 Å². The topological polar surface area (TPSA) is 39.1 Å². The number of ether oxygens (including phenoxy) is 1. The van der Waals surface area contributed by atoms with Crippen molar-refractivity contribution in [1.82, 2.24) is 15.1 Å². The maximum atomic E-state index is 5.28.